The third kappa shape index (κ3) is 5.86. The zero-order valence-electron chi connectivity index (χ0n) is 32.8. The summed E-state index contributed by atoms with van der Waals surface area (Å²) in [6.07, 6.45) is 10.1. The molecule has 5 heterocycles. The highest BCUT2D eigenvalue weighted by Gasteiger charge is 2.41. The quantitative estimate of drug-likeness (QED) is 0.146. The zero-order valence-corrected chi connectivity index (χ0v) is 32.8. The van der Waals surface area contributed by atoms with Crippen molar-refractivity contribution in [2.45, 2.75) is 79.1 Å². The van der Waals surface area contributed by atoms with Crippen LogP contribution in [0.1, 0.15) is 101 Å². The molecular formula is C47H46BN5O2. The van der Waals surface area contributed by atoms with Crippen molar-refractivity contribution in [1.29, 1.82) is 0 Å². The first-order chi connectivity index (χ1) is 26.6. The monoisotopic (exact) mass is 723 g/mol. The summed E-state index contributed by atoms with van der Waals surface area (Å²) in [5.74, 6) is 4.47. The van der Waals surface area contributed by atoms with Gasteiger partial charge in [0.25, 0.3) is 6.71 Å². The molecule has 8 heteroatoms. The molecule has 0 bridgehead atoms. The molecule has 0 spiro atoms. The summed E-state index contributed by atoms with van der Waals surface area (Å²) < 4.78 is 17.0. The summed E-state index contributed by atoms with van der Waals surface area (Å²) >= 11 is 0. The molecule has 55 heavy (non-hydrogen) atoms. The van der Waals surface area contributed by atoms with Crippen LogP contribution in [-0.4, -0.2) is 31.3 Å². The molecule has 0 saturated heterocycles. The van der Waals surface area contributed by atoms with E-state index in [1.807, 2.05) is 33.9 Å². The number of fused-ring (bicyclic) bond motifs is 4. The first-order valence-electron chi connectivity index (χ1n) is 19.6. The number of rotatable bonds is 8. The summed E-state index contributed by atoms with van der Waals surface area (Å²) in [5.41, 5.74) is 15.1. The van der Waals surface area contributed by atoms with Crippen LogP contribution in [-0.2, 0) is 0 Å². The molecule has 0 amide bonds. The molecule has 4 aromatic carbocycles. The van der Waals surface area contributed by atoms with Crippen molar-refractivity contribution in [3.63, 3.8) is 0 Å². The fourth-order valence-corrected chi connectivity index (χ4v) is 8.52. The van der Waals surface area contributed by atoms with Crippen molar-refractivity contribution in [3.05, 3.63) is 132 Å². The van der Waals surface area contributed by atoms with Gasteiger partial charge in [-0.25, -0.2) is 14.3 Å². The lowest BCUT2D eigenvalue weighted by Gasteiger charge is -2.32. The van der Waals surface area contributed by atoms with Crippen molar-refractivity contribution >= 4 is 23.1 Å². The van der Waals surface area contributed by atoms with E-state index in [4.69, 9.17) is 19.7 Å². The second-order valence-electron chi connectivity index (χ2n) is 16.2. The predicted molar refractivity (Wildman–Crippen MR) is 223 cm³/mol. The van der Waals surface area contributed by atoms with Gasteiger partial charge < -0.3 is 9.47 Å². The normalized spacial score (nSPS) is 12.9. The third-order valence-corrected chi connectivity index (χ3v) is 11.3. The zero-order chi connectivity index (χ0) is 38.1. The van der Waals surface area contributed by atoms with Gasteiger partial charge in [0.2, 0.25) is 5.88 Å². The van der Waals surface area contributed by atoms with E-state index in [0.29, 0.717) is 29.6 Å². The Morgan fingerprint density at radius 1 is 0.527 bits per heavy atom. The van der Waals surface area contributed by atoms with Gasteiger partial charge in [-0.3, -0.25) is 0 Å². The molecule has 0 radical (unpaired) electrons. The molecule has 9 rings (SSSR count). The molecule has 0 saturated carbocycles. The molecule has 274 valence electrons. The molecule has 0 fully saturated rings. The van der Waals surface area contributed by atoms with Crippen LogP contribution in [0.5, 0.6) is 23.1 Å². The average molecular weight is 724 g/mol. The van der Waals surface area contributed by atoms with E-state index in [1.54, 1.807) is 6.20 Å². The van der Waals surface area contributed by atoms with Crippen LogP contribution >= 0.6 is 0 Å². The highest BCUT2D eigenvalue weighted by atomic mass is 16.5. The van der Waals surface area contributed by atoms with E-state index < -0.39 is 0 Å². The van der Waals surface area contributed by atoms with Crippen molar-refractivity contribution in [2.24, 2.45) is 0 Å². The number of benzene rings is 4. The first kappa shape index (κ1) is 34.9. The van der Waals surface area contributed by atoms with E-state index >= 15 is 0 Å². The molecule has 0 N–H and O–H groups in total. The van der Waals surface area contributed by atoms with E-state index in [1.165, 1.54) is 33.4 Å². The maximum Gasteiger partial charge on any atom is 0.263 e. The lowest BCUT2D eigenvalue weighted by Crippen LogP contribution is -2.57. The Balaban J connectivity index is 1.14. The topological polar surface area (TPSA) is 67.0 Å². The Morgan fingerprint density at radius 3 is 1.44 bits per heavy atom. The van der Waals surface area contributed by atoms with E-state index in [0.717, 1.165) is 56.1 Å². The third-order valence-electron chi connectivity index (χ3n) is 11.3. The number of hydrogen-bond donors (Lipinski definition) is 0. The maximum atomic E-state index is 6.55. The average Bonchev–Trinajstić information content (AvgIpc) is 3.88. The highest BCUT2D eigenvalue weighted by molar-refractivity contribution is 6.98. The number of pyridine rings is 1. The minimum atomic E-state index is -0.167. The highest BCUT2D eigenvalue weighted by Crippen LogP contribution is 2.39. The van der Waals surface area contributed by atoms with Crippen LogP contribution in [0, 0.1) is 0 Å². The molecule has 7 aromatic rings. The summed E-state index contributed by atoms with van der Waals surface area (Å²) in [4.78, 5) is 4.67. The molecule has 0 unspecified atom stereocenters. The Morgan fingerprint density at radius 2 is 0.982 bits per heavy atom. The fraction of sp³-hybridized carbons (Fsp3) is 0.255. The van der Waals surface area contributed by atoms with Crippen molar-refractivity contribution < 1.29 is 9.47 Å². The summed E-state index contributed by atoms with van der Waals surface area (Å²) in [7, 11) is 0. The van der Waals surface area contributed by atoms with Gasteiger partial charge >= 0.3 is 0 Å². The van der Waals surface area contributed by atoms with E-state index in [9.17, 15) is 0 Å². The number of hydrogen-bond acceptors (Lipinski definition) is 5. The van der Waals surface area contributed by atoms with Crippen LogP contribution in [0.4, 0.5) is 0 Å². The van der Waals surface area contributed by atoms with Gasteiger partial charge in [0.1, 0.15) is 17.2 Å². The lowest BCUT2D eigenvalue weighted by molar-refractivity contribution is 0.450. The first-order valence-corrected chi connectivity index (χ1v) is 19.6. The van der Waals surface area contributed by atoms with Crippen LogP contribution < -0.4 is 25.9 Å². The lowest BCUT2D eigenvalue weighted by atomic mass is 9.35. The van der Waals surface area contributed by atoms with Crippen molar-refractivity contribution in [2.75, 3.05) is 0 Å². The SMILES string of the molecule is CC(C)c1cccc(C(C)C)c1-c1cnn(-c2ccc3c(c2)B2c4cc(-n5cc(-c6c(C(C)C)cccc6C(C)C)cn5)ccc4Oc4nccc(c42)O3)c1. The number of aromatic nitrogens is 5. The summed E-state index contributed by atoms with van der Waals surface area (Å²) in [5, 5.41) is 9.85. The molecule has 2 aliphatic heterocycles. The minimum absolute atomic E-state index is 0.167. The van der Waals surface area contributed by atoms with Crippen LogP contribution in [0.3, 0.4) is 0 Å². The van der Waals surface area contributed by atoms with E-state index in [-0.39, 0.29) is 6.71 Å². The second kappa shape index (κ2) is 13.4. The van der Waals surface area contributed by atoms with Gasteiger partial charge in [0.05, 0.1) is 23.8 Å². The molecule has 2 aliphatic rings. The van der Waals surface area contributed by atoms with Gasteiger partial charge in [0, 0.05) is 35.2 Å². The van der Waals surface area contributed by atoms with Gasteiger partial charge in [-0.05, 0) is 110 Å². The van der Waals surface area contributed by atoms with Crippen molar-refractivity contribution in [3.8, 4) is 56.8 Å². The van der Waals surface area contributed by atoms with Gasteiger partial charge in [-0.1, -0.05) is 91.8 Å². The molecular weight excluding hydrogens is 677 g/mol. The Labute approximate surface area is 324 Å². The van der Waals surface area contributed by atoms with Crippen LogP contribution in [0.25, 0.3) is 33.6 Å². The Hall–Kier alpha value is -5.89. The largest absolute Gasteiger partial charge is 0.458 e. The Kier molecular flexibility index (Phi) is 8.52. The van der Waals surface area contributed by atoms with Gasteiger partial charge in [0.15, 0.2) is 0 Å². The van der Waals surface area contributed by atoms with Gasteiger partial charge in [-0.15, -0.1) is 0 Å². The number of nitrogens with zero attached hydrogens (tertiary/aromatic N) is 5. The number of ether oxygens (including phenoxy) is 2. The molecule has 3 aromatic heterocycles. The van der Waals surface area contributed by atoms with E-state index in [2.05, 4.69) is 139 Å². The predicted octanol–water partition coefficient (Wildman–Crippen LogP) is 10.0. The summed E-state index contributed by atoms with van der Waals surface area (Å²) in [6.45, 7) is 17.9. The smallest absolute Gasteiger partial charge is 0.263 e. The standard InChI is InChI=1S/C47H46BN5O2/c1-27(2)35-11-9-12-36(28(3)4)44(35)31-23-50-52(25-31)33-15-17-41-39(21-33)48-40-22-34(16-18-42(40)55-47-46(48)43(54-41)19-20-49-47)53-26-32(24-51-53)45-37(29(5)6)13-10-14-38(45)30(7)8/h9-30H,1-8H3. The molecule has 0 aliphatic carbocycles. The summed E-state index contributed by atoms with van der Waals surface area (Å²) in [6, 6.07) is 28.0. The minimum Gasteiger partial charge on any atom is -0.458 e. The maximum absolute atomic E-state index is 6.55. The van der Waals surface area contributed by atoms with Gasteiger partial charge in [-0.2, -0.15) is 10.2 Å². The fourth-order valence-electron chi connectivity index (χ4n) is 8.52. The van der Waals surface area contributed by atoms with Crippen molar-refractivity contribution in [1.82, 2.24) is 24.5 Å². The second-order valence-corrected chi connectivity index (χ2v) is 16.2. The molecule has 7 nitrogen and oxygen atoms in total. The Bertz CT molecular complexity index is 2370. The van der Waals surface area contributed by atoms with Crippen LogP contribution in [0.2, 0.25) is 0 Å². The molecule has 0 atom stereocenters. The van der Waals surface area contributed by atoms with Crippen LogP contribution in [0.15, 0.2) is 110 Å².